The van der Waals surface area contributed by atoms with E-state index >= 15 is 0 Å². The maximum atomic E-state index is 12.8. The Morgan fingerprint density at radius 1 is 1.09 bits per heavy atom. The summed E-state index contributed by atoms with van der Waals surface area (Å²) in [7, 11) is 0. The highest BCUT2D eigenvalue weighted by atomic mass is 16.6. The summed E-state index contributed by atoms with van der Waals surface area (Å²) in [5.74, 6) is 1.46. The van der Waals surface area contributed by atoms with E-state index in [9.17, 15) is 14.4 Å². The first-order valence-corrected chi connectivity index (χ1v) is 12.3. The van der Waals surface area contributed by atoms with E-state index in [0.29, 0.717) is 48.5 Å². The van der Waals surface area contributed by atoms with E-state index in [4.69, 9.17) is 4.74 Å². The Morgan fingerprint density at radius 2 is 1.81 bits per heavy atom. The molecule has 0 aromatic carbocycles. The van der Waals surface area contributed by atoms with Crippen LogP contribution in [0.2, 0.25) is 0 Å². The third kappa shape index (κ3) is 4.84. The van der Waals surface area contributed by atoms with Crippen LogP contribution in [0, 0.1) is 35.0 Å². The molecule has 0 aromatic rings. The second-order valence-electron chi connectivity index (χ2n) is 11.1. The fourth-order valence-corrected chi connectivity index (χ4v) is 5.94. The van der Waals surface area contributed by atoms with Crippen LogP contribution in [0.4, 0.5) is 0 Å². The molecule has 3 aliphatic carbocycles. The van der Waals surface area contributed by atoms with Crippen LogP contribution in [-0.4, -0.2) is 23.1 Å². The first-order valence-electron chi connectivity index (χ1n) is 12.3. The fourth-order valence-electron chi connectivity index (χ4n) is 5.94. The lowest BCUT2D eigenvalue weighted by atomic mass is 9.61. The second kappa shape index (κ2) is 9.49. The summed E-state index contributed by atoms with van der Waals surface area (Å²) >= 11 is 0. The number of hydrogen-bond donors (Lipinski definition) is 0. The molecule has 2 fully saturated rings. The maximum Gasteiger partial charge on any atom is 0.332 e. The summed E-state index contributed by atoms with van der Waals surface area (Å²) in [4.78, 5) is 37.9. The molecule has 0 spiro atoms. The van der Waals surface area contributed by atoms with Crippen molar-refractivity contribution in [2.45, 2.75) is 85.7 Å². The van der Waals surface area contributed by atoms with Crippen LogP contribution in [-0.2, 0) is 19.1 Å². The van der Waals surface area contributed by atoms with Gasteiger partial charge in [-0.3, -0.25) is 9.59 Å². The van der Waals surface area contributed by atoms with Gasteiger partial charge in [0.05, 0.1) is 0 Å². The van der Waals surface area contributed by atoms with Crippen molar-refractivity contribution in [2.24, 2.45) is 35.0 Å². The number of fused-ring (bicyclic) bond motifs is 1. The largest absolute Gasteiger partial charge is 0.448 e. The molecule has 2 saturated carbocycles. The molecule has 3 aliphatic rings. The monoisotopic (exact) mass is 440 g/mol. The molecule has 4 heteroatoms. The van der Waals surface area contributed by atoms with Crippen molar-refractivity contribution in [1.29, 1.82) is 0 Å². The van der Waals surface area contributed by atoms with E-state index in [2.05, 4.69) is 46.8 Å². The van der Waals surface area contributed by atoms with Crippen molar-refractivity contribution in [2.75, 3.05) is 0 Å². The molecule has 0 amide bonds. The number of esters is 1. The Hall–Kier alpha value is -1.97. The Morgan fingerprint density at radius 3 is 2.47 bits per heavy atom. The predicted molar refractivity (Wildman–Crippen MR) is 127 cm³/mol. The van der Waals surface area contributed by atoms with Gasteiger partial charge in [0.1, 0.15) is 0 Å². The van der Waals surface area contributed by atoms with Gasteiger partial charge in [-0.2, -0.15) is 0 Å². The highest BCUT2D eigenvalue weighted by Gasteiger charge is 2.52. The third-order valence-corrected chi connectivity index (χ3v) is 8.58. The normalized spacial score (nSPS) is 36.0. The highest BCUT2D eigenvalue weighted by Crippen LogP contribution is 2.58. The summed E-state index contributed by atoms with van der Waals surface area (Å²) in [6.07, 6.45) is 13.9. The van der Waals surface area contributed by atoms with Crippen LogP contribution >= 0.6 is 0 Å². The molecular weight excluding hydrogens is 400 g/mol. The number of carbonyl (C=O) groups excluding carboxylic acids is 3. The molecule has 0 saturated heterocycles. The van der Waals surface area contributed by atoms with Crippen molar-refractivity contribution in [3.8, 4) is 0 Å². The zero-order valence-electron chi connectivity index (χ0n) is 20.6. The first kappa shape index (κ1) is 24.7. The summed E-state index contributed by atoms with van der Waals surface area (Å²) in [5.41, 5.74) is -0.521. The summed E-state index contributed by atoms with van der Waals surface area (Å²) in [6, 6.07) is 0. The lowest BCUT2D eigenvalue weighted by Gasteiger charge is -2.43. The topological polar surface area (TPSA) is 60.4 Å². The lowest BCUT2D eigenvalue weighted by molar-refractivity contribution is -0.160. The number of hydrogen-bond acceptors (Lipinski definition) is 4. The molecule has 0 radical (unpaired) electrons. The molecule has 0 aliphatic heterocycles. The number of allylic oxidation sites excluding steroid dienone is 4. The van der Waals surface area contributed by atoms with Crippen molar-refractivity contribution in [1.82, 2.24) is 0 Å². The smallest absolute Gasteiger partial charge is 0.332 e. The van der Waals surface area contributed by atoms with Crippen LogP contribution in [0.1, 0.15) is 80.1 Å². The lowest BCUT2D eigenvalue weighted by Crippen LogP contribution is -2.41. The molecule has 32 heavy (non-hydrogen) atoms. The zero-order valence-corrected chi connectivity index (χ0v) is 20.6. The summed E-state index contributed by atoms with van der Waals surface area (Å²) in [5, 5.41) is 0. The quantitative estimate of drug-likeness (QED) is 0.288. The van der Waals surface area contributed by atoms with Gasteiger partial charge >= 0.3 is 5.97 Å². The molecule has 0 unspecified atom stereocenters. The van der Waals surface area contributed by atoms with E-state index < -0.39 is 11.6 Å². The van der Waals surface area contributed by atoms with Gasteiger partial charge in [0, 0.05) is 18.1 Å². The molecule has 176 valence electrons. The van der Waals surface area contributed by atoms with Crippen LogP contribution in [0.25, 0.3) is 0 Å². The van der Waals surface area contributed by atoms with E-state index in [1.165, 1.54) is 12.2 Å². The van der Waals surface area contributed by atoms with E-state index in [1.807, 2.05) is 6.08 Å². The third-order valence-electron chi connectivity index (χ3n) is 8.58. The van der Waals surface area contributed by atoms with Gasteiger partial charge in [0.15, 0.2) is 17.2 Å². The van der Waals surface area contributed by atoms with Gasteiger partial charge in [-0.15, -0.1) is 0 Å². The number of Topliss-reactive ketones (excluding diaryl/α,β-unsaturated/α-hetero) is 1. The van der Waals surface area contributed by atoms with Crippen molar-refractivity contribution in [3.63, 3.8) is 0 Å². The van der Waals surface area contributed by atoms with Crippen LogP contribution in [0.3, 0.4) is 0 Å². The SMILES string of the molecule is CC(C)[C@@H](C)/C=C/[C@@H](C)[C@H]1CC[C@H]2/C(=C/C(=O)O[C@@]3(C)CCC=CC3=O)C(=O)CC[C@]12C. The average molecular weight is 441 g/mol. The molecule has 4 nitrogen and oxygen atoms in total. The van der Waals surface area contributed by atoms with Gasteiger partial charge in [-0.25, -0.2) is 4.79 Å². The van der Waals surface area contributed by atoms with Gasteiger partial charge < -0.3 is 4.74 Å². The van der Waals surface area contributed by atoms with Gasteiger partial charge in [0.2, 0.25) is 0 Å². The number of carbonyl (C=O) groups is 3. The van der Waals surface area contributed by atoms with E-state index in [1.54, 1.807) is 6.92 Å². The van der Waals surface area contributed by atoms with Gasteiger partial charge in [0.25, 0.3) is 0 Å². The highest BCUT2D eigenvalue weighted by molar-refractivity contribution is 6.03. The Kier molecular flexibility index (Phi) is 7.31. The number of ketones is 2. The van der Waals surface area contributed by atoms with Crippen LogP contribution in [0.15, 0.2) is 36.0 Å². The average Bonchev–Trinajstić information content (AvgIpc) is 3.08. The Labute approximate surface area is 193 Å². The first-order chi connectivity index (χ1) is 15.0. The molecule has 3 rings (SSSR count). The minimum atomic E-state index is -1.13. The van der Waals surface area contributed by atoms with Crippen molar-refractivity contribution < 1.29 is 19.1 Å². The van der Waals surface area contributed by atoms with Crippen molar-refractivity contribution in [3.05, 3.63) is 36.0 Å². The minimum absolute atomic E-state index is 0.00184. The Bertz CT molecular complexity index is 847. The molecule has 0 aromatic heterocycles. The minimum Gasteiger partial charge on any atom is -0.448 e. The standard InChI is InChI=1S/C28H40O4/c1-18(2)19(3)10-11-20(4)22-12-13-23-21(24(29)14-16-27(22,23)5)17-26(31)32-28(6)15-8-7-9-25(28)30/h7,9-11,17-20,22-23H,8,12-16H2,1-6H3/b11-10+,21-17-/t19-,20+,22+,23-,27+,28-/m0/s1. The molecule has 0 bridgehead atoms. The summed E-state index contributed by atoms with van der Waals surface area (Å²) < 4.78 is 5.61. The van der Waals surface area contributed by atoms with E-state index in [-0.39, 0.29) is 22.9 Å². The fraction of sp³-hybridized carbons (Fsp3) is 0.679. The summed E-state index contributed by atoms with van der Waals surface area (Å²) in [6.45, 7) is 13.0. The number of ether oxygens (including phenoxy) is 1. The predicted octanol–water partition coefficient (Wildman–Crippen LogP) is 6.01. The zero-order chi connectivity index (χ0) is 23.7. The molecule has 0 heterocycles. The van der Waals surface area contributed by atoms with Gasteiger partial charge in [-0.05, 0) is 80.1 Å². The second-order valence-corrected chi connectivity index (χ2v) is 11.1. The van der Waals surface area contributed by atoms with Crippen LogP contribution < -0.4 is 0 Å². The number of rotatable bonds is 6. The molecule has 0 N–H and O–H groups in total. The van der Waals surface area contributed by atoms with E-state index in [0.717, 1.165) is 19.3 Å². The van der Waals surface area contributed by atoms with Crippen molar-refractivity contribution >= 4 is 17.5 Å². The molecule has 6 atom stereocenters. The van der Waals surface area contributed by atoms with Gasteiger partial charge in [-0.1, -0.05) is 52.8 Å². The maximum absolute atomic E-state index is 12.8. The Balaban J connectivity index is 1.78. The van der Waals surface area contributed by atoms with Crippen LogP contribution in [0.5, 0.6) is 0 Å². The molecular formula is C28H40O4.